The van der Waals surface area contributed by atoms with Gasteiger partial charge in [0.05, 0.1) is 0 Å². The third kappa shape index (κ3) is 2.46. The number of rotatable bonds is 1. The van der Waals surface area contributed by atoms with Crippen LogP contribution >= 0.6 is 23.2 Å². The van der Waals surface area contributed by atoms with Crippen molar-refractivity contribution in [3.8, 4) is 5.75 Å². The van der Waals surface area contributed by atoms with E-state index in [9.17, 15) is 4.79 Å². The van der Waals surface area contributed by atoms with E-state index in [2.05, 4.69) is 0 Å². The molecule has 1 atom stereocenters. The van der Waals surface area contributed by atoms with Crippen molar-refractivity contribution in [1.82, 2.24) is 0 Å². The zero-order valence-electron chi connectivity index (χ0n) is 9.90. The first kappa shape index (κ1) is 12.5. The molecule has 0 amide bonds. The molecule has 0 aliphatic carbocycles. The van der Waals surface area contributed by atoms with Crippen LogP contribution in [0, 0.1) is 0 Å². The van der Waals surface area contributed by atoms with Gasteiger partial charge in [0.15, 0.2) is 11.9 Å². The minimum absolute atomic E-state index is 0.0251. The number of fused-ring (bicyclic) bond motifs is 1. The molecule has 4 heteroatoms. The number of benzene rings is 2. The molecule has 96 valence electrons. The molecule has 0 aromatic heterocycles. The summed E-state index contributed by atoms with van der Waals surface area (Å²) in [6.45, 7) is 0. The highest BCUT2D eigenvalue weighted by Crippen LogP contribution is 2.34. The summed E-state index contributed by atoms with van der Waals surface area (Å²) in [5, 5.41) is 1.25. The second kappa shape index (κ2) is 4.87. The fourth-order valence-corrected chi connectivity index (χ4v) is 2.49. The van der Waals surface area contributed by atoms with Crippen LogP contribution < -0.4 is 4.74 Å². The van der Waals surface area contributed by atoms with Gasteiger partial charge in [-0.1, -0.05) is 35.3 Å². The van der Waals surface area contributed by atoms with Crippen LogP contribution in [-0.2, 0) is 11.2 Å². The van der Waals surface area contributed by atoms with E-state index in [0.29, 0.717) is 22.2 Å². The smallest absolute Gasteiger partial charge is 0.182 e. The van der Waals surface area contributed by atoms with Gasteiger partial charge in [-0.15, -0.1) is 0 Å². The maximum Gasteiger partial charge on any atom is 0.182 e. The second-order valence-electron chi connectivity index (χ2n) is 4.44. The summed E-state index contributed by atoms with van der Waals surface area (Å²) in [7, 11) is 0. The zero-order chi connectivity index (χ0) is 13.4. The average molecular weight is 293 g/mol. The third-order valence-corrected chi connectivity index (χ3v) is 3.58. The Labute approximate surface area is 120 Å². The lowest BCUT2D eigenvalue weighted by atomic mass is 9.96. The molecular weight excluding hydrogens is 283 g/mol. The first-order chi connectivity index (χ1) is 9.13. The lowest BCUT2D eigenvalue weighted by Crippen LogP contribution is -2.25. The van der Waals surface area contributed by atoms with E-state index in [1.807, 2.05) is 12.1 Å². The summed E-state index contributed by atoms with van der Waals surface area (Å²) < 4.78 is 5.77. The Bertz CT molecular complexity index is 635. The molecule has 2 nitrogen and oxygen atoms in total. The Balaban J connectivity index is 1.95. The Hall–Kier alpha value is -1.51. The first-order valence-corrected chi connectivity index (χ1v) is 6.62. The van der Waals surface area contributed by atoms with Crippen molar-refractivity contribution in [1.29, 1.82) is 0 Å². The molecular formula is C15H10Cl2O2. The summed E-state index contributed by atoms with van der Waals surface area (Å²) in [5.74, 6) is 0.737. The number of carbonyl (C=O) groups is 1. The fraction of sp³-hybridized carbons (Fsp3) is 0.133. The molecule has 0 fully saturated rings. The van der Waals surface area contributed by atoms with Crippen molar-refractivity contribution >= 4 is 29.0 Å². The molecule has 0 spiro atoms. The summed E-state index contributed by atoms with van der Waals surface area (Å²) in [6, 6.07) is 12.5. The van der Waals surface area contributed by atoms with Crippen molar-refractivity contribution < 1.29 is 9.53 Å². The van der Waals surface area contributed by atoms with Gasteiger partial charge in [-0.05, 0) is 35.9 Å². The van der Waals surface area contributed by atoms with Crippen LogP contribution in [0.15, 0.2) is 42.5 Å². The molecule has 0 radical (unpaired) electrons. The molecule has 19 heavy (non-hydrogen) atoms. The van der Waals surface area contributed by atoms with Crippen LogP contribution in [0.1, 0.15) is 17.2 Å². The molecule has 0 N–H and O–H groups in total. The lowest BCUT2D eigenvalue weighted by Gasteiger charge is -2.25. The predicted molar refractivity (Wildman–Crippen MR) is 75.0 cm³/mol. The largest absolute Gasteiger partial charge is 0.478 e. The second-order valence-corrected chi connectivity index (χ2v) is 5.32. The minimum atomic E-state index is -0.564. The quantitative estimate of drug-likeness (QED) is 0.786. The first-order valence-electron chi connectivity index (χ1n) is 5.87. The number of carbonyl (C=O) groups excluding carboxylic acids is 1. The highest BCUT2D eigenvalue weighted by atomic mass is 35.5. The van der Waals surface area contributed by atoms with E-state index < -0.39 is 6.10 Å². The van der Waals surface area contributed by atoms with Gasteiger partial charge in [-0.3, -0.25) is 4.79 Å². The van der Waals surface area contributed by atoms with Crippen LogP contribution in [0.4, 0.5) is 0 Å². The van der Waals surface area contributed by atoms with Gasteiger partial charge in [0.2, 0.25) is 0 Å². The highest BCUT2D eigenvalue weighted by Gasteiger charge is 2.29. The Morgan fingerprint density at radius 3 is 2.42 bits per heavy atom. The highest BCUT2D eigenvalue weighted by molar-refractivity contribution is 6.31. The van der Waals surface area contributed by atoms with Gasteiger partial charge in [-0.2, -0.15) is 0 Å². The topological polar surface area (TPSA) is 26.3 Å². The summed E-state index contributed by atoms with van der Waals surface area (Å²) in [4.78, 5) is 12.2. The zero-order valence-corrected chi connectivity index (χ0v) is 11.4. The van der Waals surface area contributed by atoms with Crippen LogP contribution in [-0.4, -0.2) is 5.78 Å². The number of hydrogen-bond donors (Lipinski definition) is 0. The number of halogens is 2. The molecule has 1 unspecified atom stereocenters. The Morgan fingerprint density at radius 2 is 1.68 bits per heavy atom. The van der Waals surface area contributed by atoms with Gasteiger partial charge in [0.25, 0.3) is 0 Å². The monoisotopic (exact) mass is 292 g/mol. The van der Waals surface area contributed by atoms with Crippen molar-refractivity contribution in [2.75, 3.05) is 0 Å². The van der Waals surface area contributed by atoms with E-state index >= 15 is 0 Å². The molecule has 2 aromatic rings. The van der Waals surface area contributed by atoms with E-state index in [-0.39, 0.29) is 5.78 Å². The molecule has 1 aliphatic heterocycles. The van der Waals surface area contributed by atoms with Crippen molar-refractivity contribution in [2.24, 2.45) is 0 Å². The van der Waals surface area contributed by atoms with Crippen molar-refractivity contribution in [3.05, 3.63) is 63.6 Å². The fourth-order valence-electron chi connectivity index (χ4n) is 2.17. The van der Waals surface area contributed by atoms with Gasteiger partial charge >= 0.3 is 0 Å². The van der Waals surface area contributed by atoms with Gasteiger partial charge < -0.3 is 4.74 Å². The normalized spacial score (nSPS) is 17.8. The SMILES string of the molecule is O=C1Cc2cc(Cl)ccc2OC1c1ccc(Cl)cc1. The number of ether oxygens (including phenoxy) is 1. The van der Waals surface area contributed by atoms with Crippen LogP contribution in [0.3, 0.4) is 0 Å². The summed E-state index contributed by atoms with van der Waals surface area (Å²) in [5.41, 5.74) is 1.65. The van der Waals surface area contributed by atoms with Crippen LogP contribution in [0.25, 0.3) is 0 Å². The van der Waals surface area contributed by atoms with Gasteiger partial charge in [0, 0.05) is 22.0 Å². The maximum atomic E-state index is 12.2. The standard InChI is InChI=1S/C15H10Cl2O2/c16-11-3-1-9(2-4-11)15-13(18)8-10-7-12(17)5-6-14(10)19-15/h1-7,15H,8H2. The Kier molecular flexibility index (Phi) is 3.21. The van der Waals surface area contributed by atoms with E-state index in [1.54, 1.807) is 30.3 Å². The average Bonchev–Trinajstić information content (AvgIpc) is 2.39. The van der Waals surface area contributed by atoms with E-state index in [0.717, 1.165) is 11.1 Å². The molecule has 0 bridgehead atoms. The summed E-state index contributed by atoms with van der Waals surface area (Å²) in [6.07, 6.45) is -0.227. The number of hydrogen-bond acceptors (Lipinski definition) is 2. The predicted octanol–water partition coefficient (Wildman–Crippen LogP) is 4.24. The van der Waals surface area contributed by atoms with Crippen LogP contribution in [0.5, 0.6) is 5.75 Å². The molecule has 2 aromatic carbocycles. The molecule has 0 saturated heterocycles. The summed E-state index contributed by atoms with van der Waals surface area (Å²) >= 11 is 11.8. The minimum Gasteiger partial charge on any atom is -0.478 e. The molecule has 1 aliphatic rings. The van der Waals surface area contributed by atoms with Gasteiger partial charge in [0.1, 0.15) is 5.75 Å². The number of Topliss-reactive ketones (excluding diaryl/α,β-unsaturated/α-hetero) is 1. The maximum absolute atomic E-state index is 12.2. The van der Waals surface area contributed by atoms with E-state index in [4.69, 9.17) is 27.9 Å². The lowest BCUT2D eigenvalue weighted by molar-refractivity contribution is -0.126. The third-order valence-electron chi connectivity index (χ3n) is 3.10. The Morgan fingerprint density at radius 1 is 1.00 bits per heavy atom. The number of ketones is 1. The van der Waals surface area contributed by atoms with Crippen molar-refractivity contribution in [3.63, 3.8) is 0 Å². The van der Waals surface area contributed by atoms with Gasteiger partial charge in [-0.25, -0.2) is 0 Å². The molecule has 1 heterocycles. The van der Waals surface area contributed by atoms with Crippen LogP contribution in [0.2, 0.25) is 10.0 Å². The van der Waals surface area contributed by atoms with E-state index in [1.165, 1.54) is 0 Å². The van der Waals surface area contributed by atoms with Crippen molar-refractivity contribution in [2.45, 2.75) is 12.5 Å². The molecule has 0 saturated carbocycles. The molecule has 3 rings (SSSR count).